The molecule has 0 bridgehead atoms. The zero-order chi connectivity index (χ0) is 17.0. The van der Waals surface area contributed by atoms with Crippen molar-refractivity contribution in [1.82, 2.24) is 19.5 Å². The van der Waals surface area contributed by atoms with Gasteiger partial charge in [-0.2, -0.15) is 0 Å². The lowest BCUT2D eigenvalue weighted by molar-refractivity contribution is -0.130. The monoisotopic (exact) mass is 340 g/mol. The van der Waals surface area contributed by atoms with Gasteiger partial charge in [-0.25, -0.2) is 13.1 Å². The van der Waals surface area contributed by atoms with Crippen LogP contribution in [-0.2, 0) is 21.4 Å². The molecular weight excluding hydrogens is 316 g/mol. The van der Waals surface area contributed by atoms with E-state index in [2.05, 4.69) is 14.6 Å². The second-order valence-electron chi connectivity index (χ2n) is 6.17. The molecule has 8 heteroatoms. The molecule has 1 aliphatic heterocycles. The van der Waals surface area contributed by atoms with Crippen LogP contribution in [0.3, 0.4) is 0 Å². The molecule has 0 spiro atoms. The summed E-state index contributed by atoms with van der Waals surface area (Å²) in [6, 6.07) is 3.91. The van der Waals surface area contributed by atoms with E-state index in [1.54, 1.807) is 4.90 Å². The van der Waals surface area contributed by atoms with Crippen molar-refractivity contribution in [1.29, 1.82) is 0 Å². The van der Waals surface area contributed by atoms with Crippen LogP contribution < -0.4 is 4.72 Å². The van der Waals surface area contributed by atoms with Gasteiger partial charge in [0.2, 0.25) is 15.9 Å². The van der Waals surface area contributed by atoms with Crippen LogP contribution in [0.4, 0.5) is 0 Å². The first-order valence-corrected chi connectivity index (χ1v) is 9.49. The molecule has 0 saturated carbocycles. The van der Waals surface area contributed by atoms with Gasteiger partial charge < -0.3 is 9.80 Å². The molecule has 1 aromatic heterocycles. The molecule has 1 aliphatic rings. The van der Waals surface area contributed by atoms with E-state index in [1.807, 2.05) is 32.4 Å². The number of pyridine rings is 1. The summed E-state index contributed by atoms with van der Waals surface area (Å²) in [6.07, 6.45) is 4.64. The van der Waals surface area contributed by atoms with Gasteiger partial charge in [-0.05, 0) is 38.6 Å². The summed E-state index contributed by atoms with van der Waals surface area (Å²) < 4.78 is 24.5. The number of likely N-dealkylation sites (tertiary alicyclic amines) is 1. The second kappa shape index (κ2) is 7.37. The number of aromatic nitrogens is 1. The van der Waals surface area contributed by atoms with Gasteiger partial charge in [-0.15, -0.1) is 0 Å². The average Bonchev–Trinajstić information content (AvgIpc) is 2.93. The van der Waals surface area contributed by atoms with Gasteiger partial charge >= 0.3 is 0 Å². The fraction of sp³-hybridized carbons (Fsp3) is 0.600. The minimum atomic E-state index is -3.37. The Balaban J connectivity index is 2.04. The number of carbonyl (C=O) groups is 1. The maximum Gasteiger partial charge on any atom is 0.238 e. The highest BCUT2D eigenvalue weighted by molar-refractivity contribution is 7.88. The van der Waals surface area contributed by atoms with Gasteiger partial charge in [0.1, 0.15) is 0 Å². The summed E-state index contributed by atoms with van der Waals surface area (Å²) in [6.45, 7) is 1.25. The standard InChI is InChI=1S/C15H24N4O3S/c1-18(2)11-12-6-7-13(16-9-12)14-5-4-8-19(14)15(20)10-17-23(3,21)22/h6-7,9,14,17H,4-5,8,10-11H2,1-3H3. The summed E-state index contributed by atoms with van der Waals surface area (Å²) in [5.41, 5.74) is 1.98. The zero-order valence-electron chi connectivity index (χ0n) is 13.8. The number of hydrogen-bond acceptors (Lipinski definition) is 5. The van der Waals surface area contributed by atoms with Crippen molar-refractivity contribution < 1.29 is 13.2 Å². The highest BCUT2D eigenvalue weighted by atomic mass is 32.2. The number of hydrogen-bond donors (Lipinski definition) is 1. The SMILES string of the molecule is CN(C)Cc1ccc(C2CCCN2C(=O)CNS(C)(=O)=O)nc1. The topological polar surface area (TPSA) is 82.6 Å². The smallest absolute Gasteiger partial charge is 0.238 e. The fourth-order valence-corrected chi connectivity index (χ4v) is 3.14. The van der Waals surface area contributed by atoms with Crippen LogP contribution in [-0.4, -0.2) is 62.5 Å². The lowest BCUT2D eigenvalue weighted by atomic mass is 10.1. The Kier molecular flexibility index (Phi) is 5.72. The van der Waals surface area contributed by atoms with Crippen molar-refractivity contribution >= 4 is 15.9 Å². The molecule has 2 rings (SSSR count). The Morgan fingerprint density at radius 1 is 1.43 bits per heavy atom. The van der Waals surface area contributed by atoms with Crippen LogP contribution in [0.5, 0.6) is 0 Å². The van der Waals surface area contributed by atoms with E-state index < -0.39 is 10.0 Å². The number of amides is 1. The van der Waals surface area contributed by atoms with Crippen LogP contribution in [0.1, 0.15) is 30.1 Å². The third-order valence-electron chi connectivity index (χ3n) is 3.75. The van der Waals surface area contributed by atoms with Gasteiger partial charge in [0.05, 0.1) is 24.5 Å². The lowest BCUT2D eigenvalue weighted by Crippen LogP contribution is -2.39. The van der Waals surface area contributed by atoms with Gasteiger partial charge in [0, 0.05) is 19.3 Å². The quantitative estimate of drug-likeness (QED) is 0.808. The number of rotatable bonds is 6. The molecule has 1 fully saturated rings. The molecule has 1 saturated heterocycles. The Hall–Kier alpha value is -1.51. The molecule has 7 nitrogen and oxygen atoms in total. The summed E-state index contributed by atoms with van der Waals surface area (Å²) >= 11 is 0. The molecule has 0 aromatic carbocycles. The summed E-state index contributed by atoms with van der Waals surface area (Å²) in [5.74, 6) is -0.211. The van der Waals surface area contributed by atoms with E-state index in [0.717, 1.165) is 36.9 Å². The highest BCUT2D eigenvalue weighted by Gasteiger charge is 2.30. The van der Waals surface area contributed by atoms with Crippen molar-refractivity contribution in [3.8, 4) is 0 Å². The molecule has 1 aromatic rings. The van der Waals surface area contributed by atoms with Crippen molar-refractivity contribution in [2.75, 3.05) is 33.4 Å². The Labute approximate surface area is 137 Å². The van der Waals surface area contributed by atoms with Gasteiger partial charge in [-0.3, -0.25) is 9.78 Å². The van der Waals surface area contributed by atoms with E-state index in [0.29, 0.717) is 6.54 Å². The molecule has 0 radical (unpaired) electrons. The minimum absolute atomic E-state index is 0.0720. The van der Waals surface area contributed by atoms with Crippen LogP contribution in [0.25, 0.3) is 0 Å². The maximum absolute atomic E-state index is 12.3. The van der Waals surface area contributed by atoms with Crippen molar-refractivity contribution in [3.05, 3.63) is 29.6 Å². The van der Waals surface area contributed by atoms with Crippen LogP contribution in [0.2, 0.25) is 0 Å². The average molecular weight is 340 g/mol. The third kappa shape index (κ3) is 5.26. The van der Waals surface area contributed by atoms with Crippen LogP contribution in [0.15, 0.2) is 18.3 Å². The fourth-order valence-electron chi connectivity index (χ4n) is 2.76. The predicted molar refractivity (Wildman–Crippen MR) is 88.2 cm³/mol. The minimum Gasteiger partial charge on any atom is -0.333 e. The molecule has 2 heterocycles. The van der Waals surface area contributed by atoms with Gasteiger partial charge in [0.25, 0.3) is 0 Å². The Bertz CT molecular complexity index is 643. The number of nitrogens with zero attached hydrogens (tertiary/aromatic N) is 3. The summed E-state index contributed by atoms with van der Waals surface area (Å²) in [5, 5.41) is 0. The zero-order valence-corrected chi connectivity index (χ0v) is 14.6. The largest absolute Gasteiger partial charge is 0.333 e. The van der Waals surface area contributed by atoms with Crippen LogP contribution >= 0.6 is 0 Å². The molecular formula is C15H24N4O3S. The van der Waals surface area contributed by atoms with E-state index in [1.165, 1.54) is 0 Å². The maximum atomic E-state index is 12.3. The Morgan fingerprint density at radius 3 is 2.74 bits per heavy atom. The normalized spacial score (nSPS) is 18.6. The molecule has 1 amide bonds. The number of sulfonamides is 1. The first-order valence-electron chi connectivity index (χ1n) is 7.60. The van der Waals surface area contributed by atoms with E-state index in [4.69, 9.17) is 0 Å². The second-order valence-corrected chi connectivity index (χ2v) is 8.00. The van der Waals surface area contributed by atoms with Gasteiger partial charge in [0.15, 0.2) is 0 Å². The highest BCUT2D eigenvalue weighted by Crippen LogP contribution is 2.30. The summed E-state index contributed by atoms with van der Waals surface area (Å²) in [4.78, 5) is 20.5. The van der Waals surface area contributed by atoms with Crippen molar-refractivity contribution in [3.63, 3.8) is 0 Å². The first-order chi connectivity index (χ1) is 10.8. The van der Waals surface area contributed by atoms with Gasteiger partial charge in [-0.1, -0.05) is 6.07 Å². The molecule has 128 valence electrons. The molecule has 0 aliphatic carbocycles. The molecule has 1 unspecified atom stereocenters. The Morgan fingerprint density at radius 2 is 2.17 bits per heavy atom. The molecule has 1 N–H and O–H groups in total. The number of nitrogens with one attached hydrogen (secondary N) is 1. The predicted octanol–water partition coefficient (Wildman–Crippen LogP) is 0.356. The first kappa shape index (κ1) is 17.8. The summed E-state index contributed by atoms with van der Waals surface area (Å²) in [7, 11) is 0.634. The van der Waals surface area contributed by atoms with Crippen LogP contribution in [0, 0.1) is 0 Å². The number of carbonyl (C=O) groups excluding carboxylic acids is 1. The van der Waals surface area contributed by atoms with E-state index >= 15 is 0 Å². The van der Waals surface area contributed by atoms with E-state index in [-0.39, 0.29) is 18.5 Å². The van der Waals surface area contributed by atoms with Crippen molar-refractivity contribution in [2.24, 2.45) is 0 Å². The van der Waals surface area contributed by atoms with E-state index in [9.17, 15) is 13.2 Å². The molecule has 1 atom stereocenters. The lowest BCUT2D eigenvalue weighted by Gasteiger charge is -2.24. The molecule has 23 heavy (non-hydrogen) atoms. The third-order valence-corrected chi connectivity index (χ3v) is 4.42. The van der Waals surface area contributed by atoms with Crippen molar-refractivity contribution in [2.45, 2.75) is 25.4 Å².